The van der Waals surface area contributed by atoms with Crippen molar-refractivity contribution in [2.75, 3.05) is 23.7 Å². The van der Waals surface area contributed by atoms with Crippen molar-refractivity contribution in [3.8, 4) is 0 Å². The topological polar surface area (TPSA) is 104 Å². The minimum absolute atomic E-state index is 0.0283. The molecule has 0 unspecified atom stereocenters. The molecule has 3 aromatic rings. The van der Waals surface area contributed by atoms with Crippen LogP contribution in [-0.2, 0) is 32.6 Å². The van der Waals surface area contributed by atoms with Crippen LogP contribution in [0.5, 0.6) is 0 Å². The molecule has 0 heterocycles. The molecule has 0 fully saturated rings. The van der Waals surface area contributed by atoms with Gasteiger partial charge in [-0.2, -0.15) is 0 Å². The minimum atomic E-state index is -3.96. The molecular weight excluding hydrogens is 597 g/mol. The number of carbonyl (C=O) groups is 3. The number of nitrogens with zero attached hydrogens (tertiary/aromatic N) is 2. The molecule has 0 radical (unpaired) electrons. The third-order valence-corrected chi connectivity index (χ3v) is 8.54. The quantitative estimate of drug-likeness (QED) is 0.186. The molecular formula is C31H35Cl2N3O5S. The first-order valence-corrected chi connectivity index (χ1v) is 16.1. The van der Waals surface area contributed by atoms with E-state index in [4.69, 9.17) is 23.2 Å². The molecule has 11 heteroatoms. The molecule has 0 bridgehead atoms. The molecule has 8 nitrogen and oxygen atoms in total. The standard InChI is InChI=1S/C31H35Cl2N3O5S/c1-4-5-16-34-31(39)29(18-23-10-7-6-8-11-23)35(20-24-14-15-27(32)28(33)17-24)30(38)21-36(42(3,40)41)26-13-9-12-25(19-26)22(2)37/h6-15,17,19,29H,4-5,16,18,20-21H2,1-3H3,(H,34,39)/t29-/m1/s1. The normalized spacial score (nSPS) is 11.9. The first kappa shape index (κ1) is 33.1. The van der Waals surface area contributed by atoms with E-state index in [1.807, 2.05) is 37.3 Å². The highest BCUT2D eigenvalue weighted by molar-refractivity contribution is 7.92. The zero-order valence-electron chi connectivity index (χ0n) is 23.8. The predicted molar refractivity (Wildman–Crippen MR) is 167 cm³/mol. The summed E-state index contributed by atoms with van der Waals surface area (Å²) in [6, 6.07) is 19.3. The fourth-order valence-corrected chi connectivity index (χ4v) is 5.55. The largest absolute Gasteiger partial charge is 0.354 e. The number of carbonyl (C=O) groups excluding carboxylic acids is 3. The van der Waals surface area contributed by atoms with Crippen molar-refractivity contribution in [3.63, 3.8) is 0 Å². The summed E-state index contributed by atoms with van der Waals surface area (Å²) in [6.07, 6.45) is 2.82. The minimum Gasteiger partial charge on any atom is -0.354 e. The number of benzene rings is 3. The number of hydrogen-bond acceptors (Lipinski definition) is 5. The van der Waals surface area contributed by atoms with Gasteiger partial charge in [-0.15, -0.1) is 0 Å². The van der Waals surface area contributed by atoms with Crippen LogP contribution in [0.25, 0.3) is 0 Å². The molecule has 3 aromatic carbocycles. The molecule has 3 rings (SSSR count). The number of hydrogen-bond donors (Lipinski definition) is 1. The second kappa shape index (κ2) is 15.2. The Kier molecular flexibility index (Phi) is 12.0. The second-order valence-corrected chi connectivity index (χ2v) is 12.7. The van der Waals surface area contributed by atoms with Crippen molar-refractivity contribution in [2.45, 2.75) is 45.7 Å². The van der Waals surface area contributed by atoms with E-state index in [2.05, 4.69) is 5.32 Å². The van der Waals surface area contributed by atoms with Gasteiger partial charge in [0.15, 0.2) is 5.78 Å². The van der Waals surface area contributed by atoms with Crippen LogP contribution >= 0.6 is 23.2 Å². The van der Waals surface area contributed by atoms with Gasteiger partial charge in [-0.25, -0.2) is 8.42 Å². The number of unbranched alkanes of at least 4 members (excludes halogenated alkanes) is 1. The number of rotatable bonds is 14. The Labute approximate surface area is 257 Å². The van der Waals surface area contributed by atoms with E-state index in [1.165, 1.54) is 24.0 Å². The van der Waals surface area contributed by atoms with Gasteiger partial charge < -0.3 is 10.2 Å². The summed E-state index contributed by atoms with van der Waals surface area (Å²) in [7, 11) is -3.96. The molecule has 2 amide bonds. The van der Waals surface area contributed by atoms with Crippen molar-refractivity contribution in [1.29, 1.82) is 0 Å². The third kappa shape index (κ3) is 9.31. The highest BCUT2D eigenvalue weighted by Crippen LogP contribution is 2.25. The van der Waals surface area contributed by atoms with E-state index < -0.39 is 28.5 Å². The lowest BCUT2D eigenvalue weighted by Crippen LogP contribution is -2.53. The number of amides is 2. The van der Waals surface area contributed by atoms with E-state index in [0.29, 0.717) is 22.7 Å². The lowest BCUT2D eigenvalue weighted by Gasteiger charge is -2.33. The van der Waals surface area contributed by atoms with Gasteiger partial charge >= 0.3 is 0 Å². The summed E-state index contributed by atoms with van der Waals surface area (Å²) >= 11 is 12.4. The van der Waals surface area contributed by atoms with Gasteiger partial charge in [0.25, 0.3) is 0 Å². The number of Topliss-reactive ketones (excluding diaryl/α,β-unsaturated/α-hetero) is 1. The van der Waals surface area contributed by atoms with Crippen LogP contribution in [0.4, 0.5) is 5.69 Å². The predicted octanol–water partition coefficient (Wildman–Crippen LogP) is 5.52. The Morgan fingerprint density at radius 2 is 1.62 bits per heavy atom. The van der Waals surface area contributed by atoms with Crippen LogP contribution in [0.1, 0.15) is 48.2 Å². The molecule has 0 saturated carbocycles. The fourth-order valence-electron chi connectivity index (χ4n) is 4.39. The van der Waals surface area contributed by atoms with Crippen LogP contribution in [0.3, 0.4) is 0 Å². The smallest absolute Gasteiger partial charge is 0.244 e. The Morgan fingerprint density at radius 3 is 2.24 bits per heavy atom. The van der Waals surface area contributed by atoms with Crippen LogP contribution < -0.4 is 9.62 Å². The summed E-state index contributed by atoms with van der Waals surface area (Å²) < 4.78 is 26.8. The Morgan fingerprint density at radius 1 is 0.905 bits per heavy atom. The zero-order chi connectivity index (χ0) is 30.9. The molecule has 0 aliphatic heterocycles. The van der Waals surface area contributed by atoms with Crippen LogP contribution in [0, 0.1) is 0 Å². The Hall–Kier alpha value is -3.40. The van der Waals surface area contributed by atoms with Gasteiger partial charge in [0.05, 0.1) is 22.0 Å². The van der Waals surface area contributed by atoms with Crippen molar-refractivity contribution < 1.29 is 22.8 Å². The molecule has 0 aromatic heterocycles. The van der Waals surface area contributed by atoms with E-state index in [0.717, 1.165) is 29.0 Å². The van der Waals surface area contributed by atoms with Crippen molar-refractivity contribution in [2.24, 2.45) is 0 Å². The molecule has 1 atom stereocenters. The van der Waals surface area contributed by atoms with Crippen LogP contribution in [0.2, 0.25) is 10.0 Å². The van der Waals surface area contributed by atoms with E-state index in [9.17, 15) is 22.8 Å². The van der Waals surface area contributed by atoms with Crippen LogP contribution in [0.15, 0.2) is 72.8 Å². The van der Waals surface area contributed by atoms with Gasteiger partial charge in [0, 0.05) is 25.1 Å². The maximum absolute atomic E-state index is 14.1. The van der Waals surface area contributed by atoms with E-state index >= 15 is 0 Å². The van der Waals surface area contributed by atoms with Gasteiger partial charge in [0.2, 0.25) is 21.8 Å². The number of halogens is 2. The second-order valence-electron chi connectivity index (χ2n) is 10.00. The summed E-state index contributed by atoms with van der Waals surface area (Å²) in [4.78, 5) is 41.1. The van der Waals surface area contributed by atoms with Crippen molar-refractivity contribution >= 4 is 56.5 Å². The monoisotopic (exact) mass is 631 g/mol. The maximum atomic E-state index is 14.1. The Balaban J connectivity index is 2.07. The van der Waals surface area contributed by atoms with Gasteiger partial charge in [-0.3, -0.25) is 18.7 Å². The number of ketones is 1. The van der Waals surface area contributed by atoms with Crippen LogP contribution in [-0.4, -0.2) is 56.3 Å². The Bertz CT molecular complexity index is 1520. The lowest BCUT2D eigenvalue weighted by atomic mass is 10.0. The van der Waals surface area contributed by atoms with Crippen molar-refractivity contribution in [3.05, 3.63) is 99.5 Å². The van der Waals surface area contributed by atoms with Gasteiger partial charge in [-0.05, 0) is 48.7 Å². The average Bonchev–Trinajstić information content (AvgIpc) is 2.95. The summed E-state index contributed by atoms with van der Waals surface area (Å²) in [5.41, 5.74) is 1.91. The highest BCUT2D eigenvalue weighted by Gasteiger charge is 2.33. The van der Waals surface area contributed by atoms with Gasteiger partial charge in [0.1, 0.15) is 12.6 Å². The number of anilines is 1. The number of sulfonamides is 1. The summed E-state index contributed by atoms with van der Waals surface area (Å²) in [6.45, 7) is 3.20. The zero-order valence-corrected chi connectivity index (χ0v) is 26.2. The molecule has 0 spiro atoms. The summed E-state index contributed by atoms with van der Waals surface area (Å²) in [5, 5.41) is 3.55. The number of nitrogens with one attached hydrogen (secondary N) is 1. The van der Waals surface area contributed by atoms with Crippen molar-refractivity contribution in [1.82, 2.24) is 10.2 Å². The van der Waals surface area contributed by atoms with Gasteiger partial charge in [-0.1, -0.05) is 85.1 Å². The lowest BCUT2D eigenvalue weighted by molar-refractivity contribution is -0.140. The van der Waals surface area contributed by atoms with E-state index in [-0.39, 0.29) is 35.4 Å². The molecule has 224 valence electrons. The molecule has 1 N–H and O–H groups in total. The first-order chi connectivity index (χ1) is 19.9. The van der Waals surface area contributed by atoms with E-state index in [1.54, 1.807) is 30.3 Å². The molecule has 0 saturated heterocycles. The average molecular weight is 633 g/mol. The fraction of sp³-hybridized carbons (Fsp3) is 0.323. The SMILES string of the molecule is CCCCNC(=O)[C@@H](Cc1ccccc1)N(Cc1ccc(Cl)c(Cl)c1)C(=O)CN(c1cccc(C(C)=O)c1)S(C)(=O)=O. The third-order valence-electron chi connectivity index (χ3n) is 6.66. The summed E-state index contributed by atoms with van der Waals surface area (Å²) in [5.74, 6) is -1.21. The molecule has 42 heavy (non-hydrogen) atoms. The highest BCUT2D eigenvalue weighted by atomic mass is 35.5. The maximum Gasteiger partial charge on any atom is 0.244 e. The molecule has 0 aliphatic carbocycles. The first-order valence-electron chi connectivity index (χ1n) is 13.5. The molecule has 0 aliphatic rings.